The van der Waals surface area contributed by atoms with Gasteiger partial charge in [0.15, 0.2) is 5.16 Å². The highest BCUT2D eigenvalue weighted by Crippen LogP contribution is 2.17. The van der Waals surface area contributed by atoms with Crippen molar-refractivity contribution < 1.29 is 5.11 Å². The Hall–Kier alpha value is -0.610. The van der Waals surface area contributed by atoms with Crippen LogP contribution in [0.5, 0.6) is 0 Å². The van der Waals surface area contributed by atoms with Crippen molar-refractivity contribution in [3.63, 3.8) is 0 Å². The van der Waals surface area contributed by atoms with E-state index >= 15 is 0 Å². The fourth-order valence-corrected chi connectivity index (χ4v) is 1.79. The fourth-order valence-electron chi connectivity index (χ4n) is 1.00. The van der Waals surface area contributed by atoms with Gasteiger partial charge in [0, 0.05) is 17.1 Å². The van der Waals surface area contributed by atoms with Crippen LogP contribution in [0.1, 0.15) is 23.9 Å². The molecule has 0 saturated carbocycles. The zero-order valence-corrected chi connectivity index (χ0v) is 9.85. The van der Waals surface area contributed by atoms with Crippen molar-refractivity contribution in [1.82, 2.24) is 9.97 Å². The molecular weight excluding hydrogens is 196 g/mol. The van der Waals surface area contributed by atoms with Gasteiger partial charge in [0.1, 0.15) is 0 Å². The lowest BCUT2D eigenvalue weighted by molar-refractivity contribution is 0.220. The van der Waals surface area contributed by atoms with Gasteiger partial charge >= 0.3 is 0 Å². The van der Waals surface area contributed by atoms with E-state index in [1.165, 1.54) is 11.8 Å². The van der Waals surface area contributed by atoms with Crippen LogP contribution in [0.25, 0.3) is 0 Å². The zero-order valence-electron chi connectivity index (χ0n) is 9.03. The van der Waals surface area contributed by atoms with Crippen LogP contribution in [0.2, 0.25) is 0 Å². The van der Waals surface area contributed by atoms with Crippen LogP contribution in [0.4, 0.5) is 0 Å². The minimum atomic E-state index is -0.314. The molecule has 0 aliphatic carbocycles. The first-order chi connectivity index (χ1) is 6.50. The number of hydrogen-bond donors (Lipinski definition) is 1. The molecule has 1 N–H and O–H groups in total. The molecule has 14 heavy (non-hydrogen) atoms. The van der Waals surface area contributed by atoms with Gasteiger partial charge in [-0.1, -0.05) is 11.8 Å². The molecule has 0 amide bonds. The summed E-state index contributed by atoms with van der Waals surface area (Å²) in [6, 6.07) is 0. The van der Waals surface area contributed by atoms with E-state index in [2.05, 4.69) is 9.97 Å². The zero-order chi connectivity index (χ0) is 10.7. The van der Waals surface area contributed by atoms with Gasteiger partial charge < -0.3 is 5.11 Å². The summed E-state index contributed by atoms with van der Waals surface area (Å²) in [6.45, 7) is 7.75. The van der Waals surface area contributed by atoms with Crippen LogP contribution in [0.15, 0.2) is 5.16 Å². The first-order valence-electron chi connectivity index (χ1n) is 4.63. The molecule has 0 bridgehead atoms. The summed E-state index contributed by atoms with van der Waals surface area (Å²) in [4.78, 5) is 8.69. The average molecular weight is 212 g/mol. The van der Waals surface area contributed by atoms with Crippen molar-refractivity contribution in [3.05, 3.63) is 17.0 Å². The number of aliphatic hydroxyl groups is 1. The number of hydrogen-bond acceptors (Lipinski definition) is 4. The Morgan fingerprint density at radius 1 is 1.21 bits per heavy atom. The lowest BCUT2D eigenvalue weighted by atomic mass is 10.2. The van der Waals surface area contributed by atoms with E-state index in [-0.39, 0.29) is 6.10 Å². The first-order valence-corrected chi connectivity index (χ1v) is 5.62. The van der Waals surface area contributed by atoms with E-state index in [0.717, 1.165) is 22.1 Å². The number of rotatable bonds is 3. The maximum atomic E-state index is 9.13. The number of aryl methyl sites for hydroxylation is 2. The Morgan fingerprint density at radius 2 is 1.71 bits per heavy atom. The highest BCUT2D eigenvalue weighted by molar-refractivity contribution is 7.99. The topological polar surface area (TPSA) is 46.0 Å². The van der Waals surface area contributed by atoms with Crippen molar-refractivity contribution in [1.29, 1.82) is 0 Å². The van der Waals surface area contributed by atoms with Gasteiger partial charge in [0.05, 0.1) is 6.10 Å². The molecule has 0 saturated heterocycles. The van der Waals surface area contributed by atoms with Crippen molar-refractivity contribution in [3.8, 4) is 0 Å². The van der Waals surface area contributed by atoms with Crippen LogP contribution in [0.3, 0.4) is 0 Å². The number of aromatic nitrogens is 2. The molecule has 1 aromatic rings. The summed E-state index contributed by atoms with van der Waals surface area (Å²) >= 11 is 1.49. The van der Waals surface area contributed by atoms with Crippen molar-refractivity contribution >= 4 is 11.8 Å². The molecule has 1 atom stereocenters. The molecule has 0 aliphatic heterocycles. The third-order valence-electron chi connectivity index (χ3n) is 2.07. The predicted octanol–water partition coefficient (Wildman–Crippen LogP) is 1.87. The van der Waals surface area contributed by atoms with Gasteiger partial charge in [-0.15, -0.1) is 0 Å². The average Bonchev–Trinajstić information content (AvgIpc) is 2.10. The van der Waals surface area contributed by atoms with Gasteiger partial charge in [-0.05, 0) is 33.3 Å². The fraction of sp³-hybridized carbons (Fsp3) is 0.600. The second-order valence-electron chi connectivity index (χ2n) is 3.46. The van der Waals surface area contributed by atoms with Gasteiger partial charge in [-0.25, -0.2) is 9.97 Å². The van der Waals surface area contributed by atoms with Crippen LogP contribution in [0, 0.1) is 20.8 Å². The van der Waals surface area contributed by atoms with Crippen LogP contribution >= 0.6 is 11.8 Å². The van der Waals surface area contributed by atoms with Gasteiger partial charge in [0.2, 0.25) is 0 Å². The summed E-state index contributed by atoms with van der Waals surface area (Å²) in [7, 11) is 0. The summed E-state index contributed by atoms with van der Waals surface area (Å²) in [5.41, 5.74) is 3.18. The Balaban J connectivity index is 2.79. The highest BCUT2D eigenvalue weighted by atomic mass is 32.2. The SMILES string of the molecule is Cc1nc(SC[C@H](C)O)nc(C)c1C. The lowest BCUT2D eigenvalue weighted by Crippen LogP contribution is -2.05. The summed E-state index contributed by atoms with van der Waals surface area (Å²) in [5, 5.41) is 9.89. The standard InChI is InChI=1S/C10H16N2OS/c1-6(13)5-14-10-11-8(3)7(2)9(4)12-10/h6,13H,5H2,1-4H3/t6-/m0/s1. The molecule has 4 heteroatoms. The maximum Gasteiger partial charge on any atom is 0.188 e. The molecule has 0 fully saturated rings. The minimum absolute atomic E-state index is 0.314. The maximum absolute atomic E-state index is 9.13. The third kappa shape index (κ3) is 2.96. The van der Waals surface area contributed by atoms with Gasteiger partial charge in [-0.2, -0.15) is 0 Å². The normalized spacial score (nSPS) is 12.9. The van der Waals surface area contributed by atoms with Crippen molar-refractivity contribution in [2.75, 3.05) is 5.75 Å². The van der Waals surface area contributed by atoms with E-state index < -0.39 is 0 Å². The quantitative estimate of drug-likeness (QED) is 0.614. The molecule has 3 nitrogen and oxygen atoms in total. The smallest absolute Gasteiger partial charge is 0.188 e. The summed E-state index contributed by atoms with van der Waals surface area (Å²) in [5.74, 6) is 0.641. The number of nitrogens with zero attached hydrogens (tertiary/aromatic N) is 2. The van der Waals surface area contributed by atoms with Crippen LogP contribution < -0.4 is 0 Å². The van der Waals surface area contributed by atoms with Gasteiger partial charge in [0.25, 0.3) is 0 Å². The third-order valence-corrected chi connectivity index (χ3v) is 3.16. The minimum Gasteiger partial charge on any atom is -0.393 e. The summed E-state index contributed by atoms with van der Waals surface area (Å²) in [6.07, 6.45) is -0.314. The van der Waals surface area contributed by atoms with Crippen molar-refractivity contribution in [2.24, 2.45) is 0 Å². The molecule has 0 aromatic carbocycles. The largest absolute Gasteiger partial charge is 0.393 e. The van der Waals surface area contributed by atoms with Crippen LogP contribution in [-0.4, -0.2) is 26.9 Å². The lowest BCUT2D eigenvalue weighted by Gasteiger charge is -2.07. The molecule has 0 unspecified atom stereocenters. The van der Waals surface area contributed by atoms with Crippen molar-refractivity contribution in [2.45, 2.75) is 39.0 Å². The van der Waals surface area contributed by atoms with E-state index in [1.807, 2.05) is 20.8 Å². The molecule has 0 spiro atoms. The van der Waals surface area contributed by atoms with Crippen LogP contribution in [-0.2, 0) is 0 Å². The monoisotopic (exact) mass is 212 g/mol. The second-order valence-corrected chi connectivity index (χ2v) is 4.45. The summed E-state index contributed by atoms with van der Waals surface area (Å²) < 4.78 is 0. The molecule has 0 radical (unpaired) electrons. The molecule has 0 aliphatic rings. The molecule has 78 valence electrons. The van der Waals surface area contributed by atoms with Gasteiger partial charge in [-0.3, -0.25) is 0 Å². The number of aliphatic hydroxyl groups excluding tert-OH is 1. The Kier molecular flexibility index (Phi) is 3.89. The Bertz CT molecular complexity index is 303. The predicted molar refractivity (Wildman–Crippen MR) is 58.6 cm³/mol. The first kappa shape index (κ1) is 11.5. The van der Waals surface area contributed by atoms with E-state index in [0.29, 0.717) is 5.75 Å². The van der Waals surface area contributed by atoms with E-state index in [1.54, 1.807) is 6.92 Å². The Morgan fingerprint density at radius 3 is 2.14 bits per heavy atom. The molecule has 1 rings (SSSR count). The molecule has 1 heterocycles. The molecule has 1 aromatic heterocycles. The molecular formula is C10H16N2OS. The number of thioether (sulfide) groups is 1. The Labute approximate surface area is 89.0 Å². The highest BCUT2D eigenvalue weighted by Gasteiger charge is 2.06. The second kappa shape index (κ2) is 4.75. The van der Waals surface area contributed by atoms with E-state index in [9.17, 15) is 0 Å². The van der Waals surface area contributed by atoms with E-state index in [4.69, 9.17) is 5.11 Å².